The fraction of sp³-hybridized carbons (Fsp3) is 0.462. The third-order valence-electron chi connectivity index (χ3n) is 2.57. The Morgan fingerprint density at radius 3 is 2.30 bits per heavy atom. The quantitative estimate of drug-likeness (QED) is 0.863. The summed E-state index contributed by atoms with van der Waals surface area (Å²) in [5.74, 6) is -0.878. The molecule has 0 atom stereocenters. The zero-order chi connectivity index (χ0) is 15.3. The van der Waals surface area contributed by atoms with Gasteiger partial charge < -0.3 is 5.32 Å². The normalized spacial score (nSPS) is 11.9. The SMILES string of the molecule is CCN(CC(=O)NC(C)C)S(=O)(=O)c1ccc(F)cc1. The Balaban J connectivity index is 2.92. The molecule has 0 saturated heterocycles. The van der Waals surface area contributed by atoms with Gasteiger partial charge in [-0.15, -0.1) is 0 Å². The molecule has 1 aromatic carbocycles. The first-order chi connectivity index (χ1) is 9.27. The van der Waals surface area contributed by atoms with E-state index in [0.29, 0.717) is 0 Å². The summed E-state index contributed by atoms with van der Waals surface area (Å²) in [7, 11) is -3.79. The van der Waals surface area contributed by atoms with Crippen LogP contribution in [0.2, 0.25) is 0 Å². The molecule has 1 amide bonds. The second-order valence-electron chi connectivity index (χ2n) is 4.61. The zero-order valence-corrected chi connectivity index (χ0v) is 12.6. The minimum Gasteiger partial charge on any atom is -0.353 e. The smallest absolute Gasteiger partial charge is 0.243 e. The number of likely N-dealkylation sites (N-methyl/N-ethyl adjacent to an activating group) is 1. The van der Waals surface area contributed by atoms with Gasteiger partial charge in [0.05, 0.1) is 11.4 Å². The van der Waals surface area contributed by atoms with Gasteiger partial charge in [0.1, 0.15) is 5.82 Å². The molecule has 112 valence electrons. The average Bonchev–Trinajstić information content (AvgIpc) is 2.35. The highest BCUT2D eigenvalue weighted by atomic mass is 32.2. The lowest BCUT2D eigenvalue weighted by molar-refractivity contribution is -0.121. The first-order valence-electron chi connectivity index (χ1n) is 6.32. The van der Waals surface area contributed by atoms with E-state index in [9.17, 15) is 17.6 Å². The first kappa shape index (κ1) is 16.6. The van der Waals surface area contributed by atoms with Crippen molar-refractivity contribution in [2.24, 2.45) is 0 Å². The van der Waals surface area contributed by atoms with Crippen LogP contribution in [-0.4, -0.2) is 37.8 Å². The van der Waals surface area contributed by atoms with E-state index in [0.717, 1.165) is 16.4 Å². The molecule has 0 aliphatic carbocycles. The molecule has 0 fully saturated rings. The minimum absolute atomic E-state index is 0.0295. The molecule has 0 heterocycles. The predicted molar refractivity (Wildman–Crippen MR) is 74.1 cm³/mol. The van der Waals surface area contributed by atoms with E-state index in [1.165, 1.54) is 12.1 Å². The molecule has 0 aliphatic rings. The van der Waals surface area contributed by atoms with E-state index >= 15 is 0 Å². The van der Waals surface area contributed by atoms with E-state index < -0.39 is 15.8 Å². The van der Waals surface area contributed by atoms with Crippen molar-refractivity contribution in [2.45, 2.75) is 31.7 Å². The maximum atomic E-state index is 12.8. The zero-order valence-electron chi connectivity index (χ0n) is 11.8. The first-order valence-corrected chi connectivity index (χ1v) is 7.76. The Morgan fingerprint density at radius 2 is 1.85 bits per heavy atom. The number of sulfonamides is 1. The summed E-state index contributed by atoms with van der Waals surface area (Å²) in [5, 5.41) is 2.64. The molecule has 5 nitrogen and oxygen atoms in total. The van der Waals surface area contributed by atoms with Crippen LogP contribution in [0.3, 0.4) is 0 Å². The second kappa shape index (κ2) is 6.81. The monoisotopic (exact) mass is 302 g/mol. The number of benzene rings is 1. The molecule has 1 N–H and O–H groups in total. The molecule has 1 aromatic rings. The number of carbonyl (C=O) groups is 1. The van der Waals surface area contributed by atoms with Crippen LogP contribution in [0.25, 0.3) is 0 Å². The van der Waals surface area contributed by atoms with Crippen molar-refractivity contribution in [1.82, 2.24) is 9.62 Å². The molecule has 0 radical (unpaired) electrons. The van der Waals surface area contributed by atoms with Crippen LogP contribution in [0, 0.1) is 5.82 Å². The minimum atomic E-state index is -3.79. The van der Waals surface area contributed by atoms with Crippen molar-refractivity contribution in [3.8, 4) is 0 Å². The Morgan fingerprint density at radius 1 is 1.30 bits per heavy atom. The van der Waals surface area contributed by atoms with Gasteiger partial charge in [0.2, 0.25) is 15.9 Å². The molecule has 0 spiro atoms. The Hall–Kier alpha value is -1.47. The fourth-order valence-corrected chi connectivity index (χ4v) is 3.06. The van der Waals surface area contributed by atoms with Gasteiger partial charge >= 0.3 is 0 Å². The number of amides is 1. The van der Waals surface area contributed by atoms with Gasteiger partial charge in [-0.2, -0.15) is 4.31 Å². The lowest BCUT2D eigenvalue weighted by atomic mass is 10.4. The van der Waals surface area contributed by atoms with Crippen molar-refractivity contribution in [1.29, 1.82) is 0 Å². The molecular weight excluding hydrogens is 283 g/mol. The maximum absolute atomic E-state index is 12.8. The molecular formula is C13H19FN2O3S. The Labute approximate surface area is 118 Å². The number of hydrogen-bond donors (Lipinski definition) is 1. The predicted octanol–water partition coefficient (Wildman–Crippen LogP) is 1.36. The highest BCUT2D eigenvalue weighted by molar-refractivity contribution is 7.89. The third kappa shape index (κ3) is 4.28. The molecule has 0 aliphatic heterocycles. The summed E-state index contributed by atoms with van der Waals surface area (Å²) in [5.41, 5.74) is 0. The Bertz CT molecular complexity index is 555. The molecule has 0 unspecified atom stereocenters. The van der Waals surface area contributed by atoms with Gasteiger partial charge in [-0.05, 0) is 38.1 Å². The van der Waals surface area contributed by atoms with Gasteiger partial charge in [-0.25, -0.2) is 12.8 Å². The number of rotatable bonds is 6. The van der Waals surface area contributed by atoms with E-state index in [1.807, 2.05) is 0 Å². The highest BCUT2D eigenvalue weighted by Crippen LogP contribution is 2.15. The summed E-state index contributed by atoms with van der Waals surface area (Å²) in [4.78, 5) is 11.6. The summed E-state index contributed by atoms with van der Waals surface area (Å²) >= 11 is 0. The van der Waals surface area contributed by atoms with Crippen LogP contribution >= 0.6 is 0 Å². The van der Waals surface area contributed by atoms with Gasteiger partial charge in [0.25, 0.3) is 0 Å². The average molecular weight is 302 g/mol. The molecule has 0 saturated carbocycles. The maximum Gasteiger partial charge on any atom is 0.243 e. The van der Waals surface area contributed by atoms with Crippen molar-refractivity contribution in [3.05, 3.63) is 30.1 Å². The van der Waals surface area contributed by atoms with Gasteiger partial charge in [0.15, 0.2) is 0 Å². The fourth-order valence-electron chi connectivity index (χ4n) is 1.65. The van der Waals surface area contributed by atoms with E-state index in [2.05, 4.69) is 5.32 Å². The summed E-state index contributed by atoms with van der Waals surface area (Å²) in [6.07, 6.45) is 0. The topological polar surface area (TPSA) is 66.5 Å². The number of carbonyl (C=O) groups excluding carboxylic acids is 1. The van der Waals surface area contributed by atoms with E-state index in [4.69, 9.17) is 0 Å². The van der Waals surface area contributed by atoms with Crippen molar-refractivity contribution < 1.29 is 17.6 Å². The molecule has 7 heteroatoms. The largest absolute Gasteiger partial charge is 0.353 e. The van der Waals surface area contributed by atoms with Gasteiger partial charge in [0, 0.05) is 12.6 Å². The van der Waals surface area contributed by atoms with Crippen LogP contribution in [0.5, 0.6) is 0 Å². The Kier molecular flexibility index (Phi) is 5.64. The van der Waals surface area contributed by atoms with Crippen LogP contribution in [0.1, 0.15) is 20.8 Å². The van der Waals surface area contributed by atoms with Crippen LogP contribution in [-0.2, 0) is 14.8 Å². The van der Waals surface area contributed by atoms with Crippen LogP contribution < -0.4 is 5.32 Å². The lowest BCUT2D eigenvalue weighted by Gasteiger charge is -2.20. The summed E-state index contributed by atoms with van der Waals surface area (Å²) < 4.78 is 38.5. The van der Waals surface area contributed by atoms with Crippen LogP contribution in [0.15, 0.2) is 29.2 Å². The number of halogens is 1. The molecule has 20 heavy (non-hydrogen) atoms. The standard InChI is InChI=1S/C13H19FN2O3S/c1-4-16(9-13(17)15-10(2)3)20(18,19)12-7-5-11(14)6-8-12/h5-8,10H,4,9H2,1-3H3,(H,15,17). The molecule has 0 aromatic heterocycles. The molecule has 0 bridgehead atoms. The lowest BCUT2D eigenvalue weighted by Crippen LogP contribution is -2.42. The van der Waals surface area contributed by atoms with Crippen molar-refractivity contribution >= 4 is 15.9 Å². The summed E-state index contributed by atoms with van der Waals surface area (Å²) in [6, 6.07) is 4.47. The third-order valence-corrected chi connectivity index (χ3v) is 4.51. The van der Waals surface area contributed by atoms with Crippen molar-refractivity contribution in [3.63, 3.8) is 0 Å². The van der Waals surface area contributed by atoms with Crippen molar-refractivity contribution in [2.75, 3.05) is 13.1 Å². The van der Waals surface area contributed by atoms with E-state index in [-0.39, 0.29) is 29.9 Å². The second-order valence-corrected chi connectivity index (χ2v) is 6.55. The molecule has 1 rings (SSSR count). The number of nitrogens with zero attached hydrogens (tertiary/aromatic N) is 1. The number of hydrogen-bond acceptors (Lipinski definition) is 3. The van der Waals surface area contributed by atoms with Gasteiger partial charge in [-0.1, -0.05) is 6.92 Å². The van der Waals surface area contributed by atoms with E-state index in [1.54, 1.807) is 20.8 Å². The highest BCUT2D eigenvalue weighted by Gasteiger charge is 2.25. The summed E-state index contributed by atoms with van der Waals surface area (Å²) in [6.45, 7) is 5.13. The van der Waals surface area contributed by atoms with Gasteiger partial charge in [-0.3, -0.25) is 4.79 Å². The number of nitrogens with one attached hydrogen (secondary N) is 1. The van der Waals surface area contributed by atoms with Crippen LogP contribution in [0.4, 0.5) is 4.39 Å².